The fourth-order valence-electron chi connectivity index (χ4n) is 6.99. The minimum Gasteiger partial charge on any atom is -0.430 e. The van der Waals surface area contributed by atoms with Crippen LogP contribution < -0.4 is 0 Å². The minimum absolute atomic E-state index is 0.153. The van der Waals surface area contributed by atoms with Crippen LogP contribution in [0.2, 0.25) is 0 Å². The van der Waals surface area contributed by atoms with Gasteiger partial charge in [0.15, 0.2) is 22.8 Å². The van der Waals surface area contributed by atoms with Crippen LogP contribution in [0.3, 0.4) is 0 Å². The molecule has 1 fully saturated rings. The summed E-state index contributed by atoms with van der Waals surface area (Å²) in [6.45, 7) is 22.8. The zero-order valence-electron chi connectivity index (χ0n) is 28.2. The Labute approximate surface area is 254 Å². The Morgan fingerprint density at radius 2 is 1.40 bits per heavy atom. The number of ether oxygens (including phenoxy) is 1. The van der Waals surface area contributed by atoms with E-state index in [9.17, 15) is 9.59 Å². The van der Waals surface area contributed by atoms with Gasteiger partial charge in [-0.1, -0.05) is 67.4 Å². The lowest BCUT2D eigenvalue weighted by atomic mass is 9.38. The maximum Gasteiger partial charge on any atom is 0.307 e. The van der Waals surface area contributed by atoms with Gasteiger partial charge in [0.2, 0.25) is 0 Å². The second-order valence-electron chi connectivity index (χ2n) is 14.0. The van der Waals surface area contributed by atoms with Gasteiger partial charge in [-0.2, -0.15) is 0 Å². The number of allylic oxidation sites excluding steroid dienone is 10. The van der Waals surface area contributed by atoms with Crippen molar-refractivity contribution in [1.82, 2.24) is 0 Å². The number of esters is 1. The van der Waals surface area contributed by atoms with Gasteiger partial charge in [0.25, 0.3) is 0 Å². The quantitative estimate of drug-likeness (QED) is 0.131. The second kappa shape index (κ2) is 13.7. The van der Waals surface area contributed by atoms with E-state index in [1.807, 2.05) is 74.5 Å². The highest BCUT2D eigenvalue weighted by atomic mass is 16.5. The lowest BCUT2D eigenvalue weighted by molar-refractivity contribution is -0.181. The summed E-state index contributed by atoms with van der Waals surface area (Å²) in [6, 6.07) is 0. The van der Waals surface area contributed by atoms with Crippen molar-refractivity contribution in [3.8, 4) is 0 Å². The number of fused-ring (bicyclic) bond motifs is 2. The summed E-state index contributed by atoms with van der Waals surface area (Å²) < 4.78 is 5.94. The van der Waals surface area contributed by atoms with E-state index < -0.39 is 33.9 Å². The minimum atomic E-state index is -1.88. The molecule has 2 aliphatic carbocycles. The van der Waals surface area contributed by atoms with Crippen LogP contribution in [-0.2, 0) is 23.9 Å². The van der Waals surface area contributed by atoms with Crippen molar-refractivity contribution in [2.24, 2.45) is 28.1 Å². The zero-order chi connectivity index (χ0) is 32.2. The SMILES string of the molecule is CC(=O)OC1=C(CC=C(C)C)C(=O)[C@@]2(C(=O)C(C)C)C(=O)[C@]1(CC=C(C)C)C[C@H](CC=C(C)C)[C@@]2(C)CCC=C(C)C. The smallest absolute Gasteiger partial charge is 0.307 e. The van der Waals surface area contributed by atoms with Crippen LogP contribution in [-0.4, -0.2) is 23.3 Å². The Morgan fingerprint density at radius 3 is 1.88 bits per heavy atom. The molecule has 2 aliphatic rings. The van der Waals surface area contributed by atoms with Crippen molar-refractivity contribution < 1.29 is 23.9 Å². The van der Waals surface area contributed by atoms with Gasteiger partial charge in [-0.25, -0.2) is 0 Å². The van der Waals surface area contributed by atoms with Crippen molar-refractivity contribution >= 4 is 23.3 Å². The molecule has 2 bridgehead atoms. The fraction of sp³-hybridized carbons (Fsp3) is 0.622. The lowest BCUT2D eigenvalue weighted by Crippen LogP contribution is -2.71. The summed E-state index contributed by atoms with van der Waals surface area (Å²) in [4.78, 5) is 57.8. The third kappa shape index (κ3) is 6.55. The monoisotopic (exact) mass is 578 g/mol. The van der Waals surface area contributed by atoms with Crippen LogP contribution in [0.15, 0.2) is 57.9 Å². The van der Waals surface area contributed by atoms with E-state index in [-0.39, 0.29) is 41.7 Å². The summed E-state index contributed by atoms with van der Waals surface area (Å²) in [6.07, 6.45) is 10.9. The highest BCUT2D eigenvalue weighted by molar-refractivity contribution is 6.33. The Hall–Kier alpha value is -2.82. The van der Waals surface area contributed by atoms with Crippen molar-refractivity contribution in [3.63, 3.8) is 0 Å². The molecule has 232 valence electrons. The molecule has 5 nitrogen and oxygen atoms in total. The predicted octanol–water partition coefficient (Wildman–Crippen LogP) is 8.99. The Balaban J connectivity index is 3.22. The van der Waals surface area contributed by atoms with Gasteiger partial charge < -0.3 is 4.74 Å². The van der Waals surface area contributed by atoms with Crippen molar-refractivity contribution in [1.29, 1.82) is 0 Å². The van der Waals surface area contributed by atoms with E-state index in [0.717, 1.165) is 22.3 Å². The number of Topliss-reactive ketones (excluding diaryl/α,β-unsaturated/α-hetero) is 3. The predicted molar refractivity (Wildman–Crippen MR) is 171 cm³/mol. The maximum absolute atomic E-state index is 15.3. The van der Waals surface area contributed by atoms with Crippen LogP contribution in [0.4, 0.5) is 0 Å². The van der Waals surface area contributed by atoms with E-state index >= 15 is 9.59 Å². The molecule has 0 radical (unpaired) electrons. The fourth-order valence-corrected chi connectivity index (χ4v) is 6.99. The van der Waals surface area contributed by atoms with Crippen molar-refractivity contribution in [3.05, 3.63) is 57.9 Å². The van der Waals surface area contributed by atoms with E-state index in [1.165, 1.54) is 6.92 Å². The standard InChI is InChI=1S/C37H54O5/c1-23(2)14-13-20-35(12)29(17-15-24(3)4)22-36(21-19-26(7)8)33(42-28(11)38)30(18-16-25(5)6)32(40)37(35,34(36)41)31(39)27(9)10/h14-16,19,27,29H,13,17-18,20-22H2,1-12H3/t29-,35+,36+,37-/m0/s1. The average molecular weight is 579 g/mol. The number of hydrogen-bond donors (Lipinski definition) is 0. The molecule has 0 N–H and O–H groups in total. The molecule has 0 aliphatic heterocycles. The first-order valence-electron chi connectivity index (χ1n) is 15.5. The van der Waals surface area contributed by atoms with Crippen LogP contribution in [0.5, 0.6) is 0 Å². The molecule has 5 heteroatoms. The Morgan fingerprint density at radius 1 is 0.857 bits per heavy atom. The summed E-state index contributed by atoms with van der Waals surface area (Å²) in [7, 11) is 0. The zero-order valence-corrected chi connectivity index (χ0v) is 28.2. The number of rotatable bonds is 12. The van der Waals surface area contributed by atoms with Gasteiger partial charge in [-0.15, -0.1) is 0 Å². The highest BCUT2D eigenvalue weighted by Crippen LogP contribution is 2.68. The van der Waals surface area contributed by atoms with E-state index in [1.54, 1.807) is 13.8 Å². The van der Waals surface area contributed by atoms with E-state index in [0.29, 0.717) is 25.7 Å². The van der Waals surface area contributed by atoms with E-state index in [2.05, 4.69) is 12.2 Å². The van der Waals surface area contributed by atoms with Crippen molar-refractivity contribution in [2.75, 3.05) is 0 Å². The Kier molecular flexibility index (Phi) is 11.5. The van der Waals surface area contributed by atoms with Crippen LogP contribution >= 0.6 is 0 Å². The topological polar surface area (TPSA) is 77.5 Å². The first-order chi connectivity index (χ1) is 19.4. The number of hydrogen-bond acceptors (Lipinski definition) is 5. The third-order valence-corrected chi connectivity index (χ3v) is 9.19. The number of carbonyl (C=O) groups is 4. The Bertz CT molecular complexity index is 1250. The molecule has 0 saturated heterocycles. The van der Waals surface area contributed by atoms with Gasteiger partial charge in [0.05, 0.1) is 5.41 Å². The molecule has 42 heavy (non-hydrogen) atoms. The molecular weight excluding hydrogens is 524 g/mol. The van der Waals surface area contributed by atoms with Crippen molar-refractivity contribution in [2.45, 2.75) is 122 Å². The molecule has 0 aromatic carbocycles. The summed E-state index contributed by atoms with van der Waals surface area (Å²) in [5.41, 5.74) is 0.471. The first kappa shape index (κ1) is 35.4. The van der Waals surface area contributed by atoms with Gasteiger partial charge in [-0.05, 0) is 105 Å². The summed E-state index contributed by atoms with van der Waals surface area (Å²) in [5, 5.41) is 0. The van der Waals surface area contributed by atoms with Gasteiger partial charge >= 0.3 is 5.97 Å². The van der Waals surface area contributed by atoms with E-state index in [4.69, 9.17) is 4.74 Å². The summed E-state index contributed by atoms with van der Waals surface area (Å²) >= 11 is 0. The van der Waals surface area contributed by atoms with Crippen LogP contribution in [0.1, 0.15) is 122 Å². The normalized spacial score (nSPS) is 26.9. The van der Waals surface area contributed by atoms with Crippen LogP contribution in [0, 0.1) is 28.1 Å². The summed E-state index contributed by atoms with van der Waals surface area (Å²) in [5.74, 6) is -2.32. The molecule has 2 rings (SSSR count). The first-order valence-corrected chi connectivity index (χ1v) is 15.5. The average Bonchev–Trinajstić information content (AvgIpc) is 2.86. The molecule has 4 atom stereocenters. The molecule has 0 heterocycles. The second-order valence-corrected chi connectivity index (χ2v) is 14.0. The molecule has 1 saturated carbocycles. The molecule has 0 aromatic heterocycles. The van der Waals surface area contributed by atoms with Gasteiger partial charge in [-0.3, -0.25) is 19.2 Å². The number of carbonyl (C=O) groups excluding carboxylic acids is 4. The maximum atomic E-state index is 15.3. The molecule has 0 amide bonds. The highest BCUT2D eigenvalue weighted by Gasteiger charge is 2.76. The van der Waals surface area contributed by atoms with Gasteiger partial charge in [0, 0.05) is 18.4 Å². The largest absolute Gasteiger partial charge is 0.430 e. The molecule has 0 spiro atoms. The van der Waals surface area contributed by atoms with Crippen LogP contribution in [0.25, 0.3) is 0 Å². The number of ketones is 3. The molecule has 0 aromatic rings. The molecular formula is C37H54O5. The lowest BCUT2D eigenvalue weighted by Gasteiger charge is -2.61. The third-order valence-electron chi connectivity index (χ3n) is 9.19. The van der Waals surface area contributed by atoms with Gasteiger partial charge in [0.1, 0.15) is 5.76 Å². The molecule has 0 unspecified atom stereocenters.